The number of nitrogens with one attached hydrogen (secondary N) is 2. The Morgan fingerprint density at radius 1 is 1.39 bits per heavy atom. The number of ether oxygens (including phenoxy) is 1. The first-order chi connectivity index (χ1) is 10.7. The third-order valence-electron chi connectivity index (χ3n) is 3.54. The van der Waals surface area contributed by atoms with Crippen LogP contribution in [0.25, 0.3) is 0 Å². The summed E-state index contributed by atoms with van der Waals surface area (Å²) in [6.45, 7) is 5.03. The molecule has 1 fully saturated rings. The zero-order chi connectivity index (χ0) is 15.8. The van der Waals surface area contributed by atoms with Gasteiger partial charge in [0.15, 0.2) is 0 Å². The van der Waals surface area contributed by atoms with Crippen LogP contribution >= 0.6 is 12.4 Å². The number of carbonyl (C=O) groups is 2. The Kier molecular flexibility index (Phi) is 8.61. The molecule has 2 N–H and O–H groups in total. The van der Waals surface area contributed by atoms with Crippen LogP contribution in [0.5, 0.6) is 0 Å². The summed E-state index contributed by atoms with van der Waals surface area (Å²) in [6.07, 6.45) is 0.138. The lowest BCUT2D eigenvalue weighted by Crippen LogP contribution is -2.56. The average molecular weight is 342 g/mol. The van der Waals surface area contributed by atoms with E-state index in [1.54, 1.807) is 4.90 Å². The van der Waals surface area contributed by atoms with E-state index < -0.39 is 6.04 Å². The van der Waals surface area contributed by atoms with Crippen LogP contribution in [0, 0.1) is 0 Å². The van der Waals surface area contributed by atoms with Crippen molar-refractivity contribution < 1.29 is 14.3 Å². The first-order valence-corrected chi connectivity index (χ1v) is 7.65. The van der Waals surface area contributed by atoms with Gasteiger partial charge in [0.25, 0.3) is 0 Å². The van der Waals surface area contributed by atoms with E-state index in [1.165, 1.54) is 0 Å². The largest absolute Gasteiger partial charge is 0.380 e. The van der Waals surface area contributed by atoms with E-state index in [1.807, 2.05) is 37.3 Å². The van der Waals surface area contributed by atoms with Crippen molar-refractivity contribution in [3.05, 3.63) is 30.3 Å². The molecule has 2 amide bonds. The van der Waals surface area contributed by atoms with Gasteiger partial charge in [-0.05, 0) is 19.1 Å². The molecule has 1 aliphatic heterocycles. The number of carbonyl (C=O) groups excluding carboxylic acids is 2. The molecule has 1 saturated heterocycles. The zero-order valence-corrected chi connectivity index (χ0v) is 14.1. The Labute approximate surface area is 143 Å². The normalized spacial score (nSPS) is 17.5. The molecule has 1 unspecified atom stereocenters. The molecule has 0 spiro atoms. The average Bonchev–Trinajstić information content (AvgIpc) is 2.52. The minimum absolute atomic E-state index is 0. The van der Waals surface area contributed by atoms with Gasteiger partial charge in [0.2, 0.25) is 11.8 Å². The fraction of sp³-hybridized carbons (Fsp3) is 0.500. The summed E-state index contributed by atoms with van der Waals surface area (Å²) in [4.78, 5) is 26.1. The topological polar surface area (TPSA) is 70.7 Å². The van der Waals surface area contributed by atoms with Gasteiger partial charge in [-0.15, -0.1) is 12.4 Å². The Morgan fingerprint density at radius 3 is 2.83 bits per heavy atom. The van der Waals surface area contributed by atoms with Gasteiger partial charge in [0.1, 0.15) is 0 Å². The molecule has 23 heavy (non-hydrogen) atoms. The van der Waals surface area contributed by atoms with Gasteiger partial charge in [-0.3, -0.25) is 9.59 Å². The molecule has 1 aromatic rings. The monoisotopic (exact) mass is 341 g/mol. The minimum atomic E-state index is -0.459. The second-order valence-electron chi connectivity index (χ2n) is 5.15. The number of anilines is 1. The van der Waals surface area contributed by atoms with Crippen molar-refractivity contribution in [3.63, 3.8) is 0 Å². The van der Waals surface area contributed by atoms with E-state index in [0.717, 1.165) is 5.69 Å². The SMILES string of the molecule is CCOCCN1CCNC(CC(=O)Nc2ccccc2)C1=O.Cl. The number of amides is 2. The number of rotatable bonds is 7. The molecule has 1 heterocycles. The summed E-state index contributed by atoms with van der Waals surface area (Å²) in [5, 5.41) is 5.92. The van der Waals surface area contributed by atoms with E-state index in [-0.39, 0.29) is 30.6 Å². The summed E-state index contributed by atoms with van der Waals surface area (Å²) in [7, 11) is 0. The van der Waals surface area contributed by atoms with E-state index >= 15 is 0 Å². The number of hydrogen-bond donors (Lipinski definition) is 2. The van der Waals surface area contributed by atoms with Gasteiger partial charge in [0.05, 0.1) is 19.1 Å². The lowest BCUT2D eigenvalue weighted by atomic mass is 10.1. The van der Waals surface area contributed by atoms with Crippen LogP contribution in [0.15, 0.2) is 30.3 Å². The van der Waals surface area contributed by atoms with Crippen molar-refractivity contribution in [2.75, 3.05) is 38.2 Å². The molecule has 2 rings (SSSR count). The molecule has 0 radical (unpaired) electrons. The fourth-order valence-corrected chi connectivity index (χ4v) is 2.41. The third kappa shape index (κ3) is 6.17. The number of piperazine rings is 1. The van der Waals surface area contributed by atoms with Gasteiger partial charge >= 0.3 is 0 Å². The van der Waals surface area contributed by atoms with Crippen molar-refractivity contribution in [1.82, 2.24) is 10.2 Å². The Balaban J connectivity index is 0.00000264. The lowest BCUT2D eigenvalue weighted by molar-refractivity contribution is -0.138. The molecule has 0 aliphatic carbocycles. The molecule has 1 atom stereocenters. The number of hydrogen-bond acceptors (Lipinski definition) is 4. The predicted molar refractivity (Wildman–Crippen MR) is 91.8 cm³/mol. The smallest absolute Gasteiger partial charge is 0.240 e. The van der Waals surface area contributed by atoms with Crippen molar-refractivity contribution in [2.24, 2.45) is 0 Å². The van der Waals surface area contributed by atoms with Gasteiger partial charge in [0, 0.05) is 31.9 Å². The van der Waals surface area contributed by atoms with Crippen molar-refractivity contribution in [1.29, 1.82) is 0 Å². The second-order valence-corrected chi connectivity index (χ2v) is 5.15. The molecule has 6 nitrogen and oxygen atoms in total. The van der Waals surface area contributed by atoms with E-state index in [0.29, 0.717) is 32.8 Å². The number of halogens is 1. The highest BCUT2D eigenvalue weighted by Gasteiger charge is 2.29. The lowest BCUT2D eigenvalue weighted by Gasteiger charge is -2.32. The highest BCUT2D eigenvalue weighted by molar-refractivity contribution is 5.95. The van der Waals surface area contributed by atoms with Crippen LogP contribution in [0.3, 0.4) is 0 Å². The predicted octanol–water partition coefficient (Wildman–Crippen LogP) is 1.27. The summed E-state index contributed by atoms with van der Waals surface area (Å²) in [6, 6.07) is 8.78. The van der Waals surface area contributed by atoms with Crippen molar-refractivity contribution in [3.8, 4) is 0 Å². The maximum Gasteiger partial charge on any atom is 0.240 e. The number of para-hydroxylation sites is 1. The summed E-state index contributed by atoms with van der Waals surface area (Å²) in [5.74, 6) is -0.196. The fourth-order valence-electron chi connectivity index (χ4n) is 2.41. The van der Waals surface area contributed by atoms with Crippen LogP contribution < -0.4 is 10.6 Å². The Hall–Kier alpha value is -1.63. The summed E-state index contributed by atoms with van der Waals surface area (Å²) >= 11 is 0. The van der Waals surface area contributed by atoms with Gasteiger partial charge in [-0.1, -0.05) is 18.2 Å². The molecule has 0 bridgehead atoms. The Morgan fingerprint density at radius 2 is 2.13 bits per heavy atom. The first kappa shape index (κ1) is 19.4. The third-order valence-corrected chi connectivity index (χ3v) is 3.54. The molecule has 1 aromatic carbocycles. The van der Waals surface area contributed by atoms with Gasteiger partial charge in [-0.2, -0.15) is 0 Å². The maximum atomic E-state index is 12.3. The zero-order valence-electron chi connectivity index (χ0n) is 13.3. The molecular formula is C16H24ClN3O3. The highest BCUT2D eigenvalue weighted by atomic mass is 35.5. The first-order valence-electron chi connectivity index (χ1n) is 7.65. The van der Waals surface area contributed by atoms with E-state index in [4.69, 9.17) is 4.74 Å². The quantitative estimate of drug-likeness (QED) is 0.733. The molecular weight excluding hydrogens is 318 g/mol. The van der Waals surface area contributed by atoms with Crippen LogP contribution in [0.4, 0.5) is 5.69 Å². The standard InChI is InChI=1S/C16H23N3O3.ClH/c1-2-22-11-10-19-9-8-17-14(16(19)21)12-15(20)18-13-6-4-3-5-7-13;/h3-7,14,17H,2,8-12H2,1H3,(H,18,20);1H. The molecule has 7 heteroatoms. The Bertz CT molecular complexity index is 499. The van der Waals surface area contributed by atoms with Gasteiger partial charge in [-0.25, -0.2) is 0 Å². The molecule has 0 saturated carbocycles. The summed E-state index contributed by atoms with van der Waals surface area (Å²) < 4.78 is 5.29. The van der Waals surface area contributed by atoms with Crippen molar-refractivity contribution >= 4 is 29.9 Å². The summed E-state index contributed by atoms with van der Waals surface area (Å²) in [5.41, 5.74) is 0.740. The molecule has 128 valence electrons. The van der Waals surface area contributed by atoms with Crippen LogP contribution in [0.2, 0.25) is 0 Å². The second kappa shape index (κ2) is 10.2. The highest BCUT2D eigenvalue weighted by Crippen LogP contribution is 2.09. The maximum absolute atomic E-state index is 12.3. The van der Waals surface area contributed by atoms with Crippen LogP contribution in [-0.4, -0.2) is 55.6 Å². The van der Waals surface area contributed by atoms with Crippen molar-refractivity contribution in [2.45, 2.75) is 19.4 Å². The molecule has 0 aromatic heterocycles. The van der Waals surface area contributed by atoms with E-state index in [2.05, 4.69) is 10.6 Å². The van der Waals surface area contributed by atoms with Crippen LogP contribution in [0.1, 0.15) is 13.3 Å². The number of nitrogens with zero attached hydrogens (tertiary/aromatic N) is 1. The van der Waals surface area contributed by atoms with Crippen LogP contribution in [-0.2, 0) is 14.3 Å². The van der Waals surface area contributed by atoms with E-state index in [9.17, 15) is 9.59 Å². The number of benzene rings is 1. The van der Waals surface area contributed by atoms with Gasteiger partial charge < -0.3 is 20.3 Å². The molecule has 1 aliphatic rings. The minimum Gasteiger partial charge on any atom is -0.380 e.